The number of nitriles is 1. The Morgan fingerprint density at radius 2 is 1.95 bits per heavy atom. The molecule has 0 aliphatic heterocycles. The average Bonchev–Trinajstić information content (AvgIpc) is 3.06. The molecule has 2 heterocycles. The molecule has 2 aromatic heterocycles. The van der Waals surface area contributed by atoms with E-state index in [1.54, 1.807) is 12.1 Å². The van der Waals surface area contributed by atoms with Crippen molar-refractivity contribution in [1.29, 1.82) is 5.26 Å². The highest BCUT2D eigenvalue weighted by atomic mass is 35.5. The summed E-state index contributed by atoms with van der Waals surface area (Å²) in [5.74, 6) is 1.03. The van der Waals surface area contributed by atoms with Crippen LogP contribution in [0.4, 0.5) is 0 Å². The van der Waals surface area contributed by atoms with Crippen LogP contribution in [-0.2, 0) is 6.42 Å². The van der Waals surface area contributed by atoms with E-state index in [1.165, 1.54) is 0 Å². The number of aromatic nitrogens is 1. The molecule has 0 amide bonds. The Labute approximate surface area is 120 Å². The standard InChI is InChI=1S/C15H9ClN2O2/c16-13-7-6-12(19-13)15-14(10-4-2-1-3-5-10)11(8-9-17)20-18-15/h1-7H,8H2. The fraction of sp³-hybridized carbons (Fsp3) is 0.0667. The van der Waals surface area contributed by atoms with Crippen LogP contribution >= 0.6 is 11.6 Å². The molecule has 0 aliphatic carbocycles. The van der Waals surface area contributed by atoms with Gasteiger partial charge in [0.25, 0.3) is 0 Å². The lowest BCUT2D eigenvalue weighted by Crippen LogP contribution is -1.85. The summed E-state index contributed by atoms with van der Waals surface area (Å²) in [7, 11) is 0. The van der Waals surface area contributed by atoms with Crippen LogP contribution in [0.15, 0.2) is 51.4 Å². The Morgan fingerprint density at radius 1 is 1.15 bits per heavy atom. The van der Waals surface area contributed by atoms with Crippen molar-refractivity contribution >= 4 is 11.6 Å². The molecule has 0 N–H and O–H groups in total. The molecule has 4 nitrogen and oxygen atoms in total. The molecule has 0 fully saturated rings. The number of rotatable bonds is 3. The van der Waals surface area contributed by atoms with E-state index in [2.05, 4.69) is 11.2 Å². The fourth-order valence-corrected chi connectivity index (χ4v) is 2.17. The number of hydrogen-bond acceptors (Lipinski definition) is 4. The third-order valence-corrected chi connectivity index (χ3v) is 3.07. The lowest BCUT2D eigenvalue weighted by molar-refractivity contribution is 0.392. The first-order valence-electron chi connectivity index (χ1n) is 5.96. The van der Waals surface area contributed by atoms with Gasteiger partial charge in [-0.3, -0.25) is 0 Å². The Bertz CT molecular complexity index is 769. The van der Waals surface area contributed by atoms with Crippen LogP contribution < -0.4 is 0 Å². The first kappa shape index (κ1) is 12.5. The molecule has 20 heavy (non-hydrogen) atoms. The van der Waals surface area contributed by atoms with E-state index in [-0.39, 0.29) is 11.6 Å². The number of nitrogens with zero attached hydrogens (tertiary/aromatic N) is 2. The minimum atomic E-state index is 0.145. The summed E-state index contributed by atoms with van der Waals surface area (Å²) in [5, 5.41) is 13.2. The number of hydrogen-bond donors (Lipinski definition) is 0. The van der Waals surface area contributed by atoms with Crippen LogP contribution in [-0.4, -0.2) is 5.16 Å². The van der Waals surface area contributed by atoms with Crippen LogP contribution in [0.25, 0.3) is 22.6 Å². The van der Waals surface area contributed by atoms with Gasteiger partial charge in [0.05, 0.1) is 18.1 Å². The lowest BCUT2D eigenvalue weighted by atomic mass is 10.0. The van der Waals surface area contributed by atoms with Crippen LogP contribution in [0.1, 0.15) is 5.76 Å². The summed E-state index contributed by atoms with van der Waals surface area (Å²) < 4.78 is 10.7. The third-order valence-electron chi connectivity index (χ3n) is 2.87. The molecule has 0 bridgehead atoms. The summed E-state index contributed by atoms with van der Waals surface area (Å²) in [6.07, 6.45) is 0.145. The topological polar surface area (TPSA) is 63.0 Å². The van der Waals surface area contributed by atoms with Gasteiger partial charge in [-0.1, -0.05) is 35.5 Å². The predicted octanol–water partition coefficient (Wildman–Crippen LogP) is 4.32. The predicted molar refractivity (Wildman–Crippen MR) is 74.0 cm³/mol. The van der Waals surface area contributed by atoms with Gasteiger partial charge in [0.1, 0.15) is 0 Å². The highest BCUT2D eigenvalue weighted by Crippen LogP contribution is 2.36. The van der Waals surface area contributed by atoms with Gasteiger partial charge in [-0.15, -0.1) is 0 Å². The molecule has 3 rings (SSSR count). The summed E-state index contributed by atoms with van der Waals surface area (Å²) >= 11 is 5.80. The minimum Gasteiger partial charge on any atom is -0.443 e. The monoisotopic (exact) mass is 284 g/mol. The molecular formula is C15H9ClN2O2. The Hall–Kier alpha value is -2.51. The van der Waals surface area contributed by atoms with Crippen molar-refractivity contribution in [2.45, 2.75) is 6.42 Å². The second-order valence-corrected chi connectivity index (χ2v) is 4.51. The molecule has 0 radical (unpaired) electrons. The molecule has 0 atom stereocenters. The number of halogens is 1. The van der Waals surface area contributed by atoms with Gasteiger partial charge in [-0.25, -0.2) is 0 Å². The molecule has 0 unspecified atom stereocenters. The lowest BCUT2D eigenvalue weighted by Gasteiger charge is -2.01. The minimum absolute atomic E-state index is 0.145. The smallest absolute Gasteiger partial charge is 0.194 e. The van der Waals surface area contributed by atoms with Crippen molar-refractivity contribution in [3.05, 3.63) is 53.4 Å². The highest BCUT2D eigenvalue weighted by Gasteiger charge is 2.21. The first-order valence-corrected chi connectivity index (χ1v) is 6.34. The first-order chi connectivity index (χ1) is 9.79. The maximum Gasteiger partial charge on any atom is 0.194 e. The number of benzene rings is 1. The molecule has 98 valence electrons. The second-order valence-electron chi connectivity index (χ2n) is 4.13. The molecule has 0 saturated carbocycles. The second kappa shape index (κ2) is 5.24. The van der Waals surface area contributed by atoms with Gasteiger partial charge in [-0.2, -0.15) is 5.26 Å². The maximum absolute atomic E-state index is 8.89. The molecule has 5 heteroatoms. The fourth-order valence-electron chi connectivity index (χ4n) is 2.03. The Kier molecular flexibility index (Phi) is 3.28. The summed E-state index contributed by atoms with van der Waals surface area (Å²) in [6.45, 7) is 0. The average molecular weight is 285 g/mol. The molecule has 1 aromatic carbocycles. The zero-order valence-corrected chi connectivity index (χ0v) is 11.1. The van der Waals surface area contributed by atoms with E-state index in [0.29, 0.717) is 17.2 Å². The van der Waals surface area contributed by atoms with Gasteiger partial charge < -0.3 is 8.94 Å². The van der Waals surface area contributed by atoms with E-state index in [9.17, 15) is 0 Å². The Morgan fingerprint density at radius 3 is 2.60 bits per heavy atom. The molecule has 3 aromatic rings. The summed E-state index contributed by atoms with van der Waals surface area (Å²) in [4.78, 5) is 0. The van der Waals surface area contributed by atoms with Crippen molar-refractivity contribution in [3.63, 3.8) is 0 Å². The van der Waals surface area contributed by atoms with Crippen LogP contribution in [0.3, 0.4) is 0 Å². The van der Waals surface area contributed by atoms with Crippen molar-refractivity contribution in [2.75, 3.05) is 0 Å². The highest BCUT2D eigenvalue weighted by molar-refractivity contribution is 6.29. The third kappa shape index (κ3) is 2.20. The van der Waals surface area contributed by atoms with Crippen LogP contribution in [0, 0.1) is 11.3 Å². The van der Waals surface area contributed by atoms with E-state index >= 15 is 0 Å². The summed E-state index contributed by atoms with van der Waals surface area (Å²) in [6, 6.07) is 15.1. The largest absolute Gasteiger partial charge is 0.443 e. The van der Waals surface area contributed by atoms with E-state index < -0.39 is 0 Å². The van der Waals surface area contributed by atoms with Crippen LogP contribution in [0.5, 0.6) is 0 Å². The molecule has 0 aliphatic rings. The van der Waals surface area contributed by atoms with Crippen molar-refractivity contribution in [1.82, 2.24) is 5.16 Å². The SMILES string of the molecule is N#CCc1onc(-c2ccc(Cl)o2)c1-c1ccccc1. The Balaban J connectivity index is 2.19. The zero-order valence-electron chi connectivity index (χ0n) is 10.3. The van der Waals surface area contributed by atoms with E-state index in [0.717, 1.165) is 11.1 Å². The van der Waals surface area contributed by atoms with Gasteiger partial charge in [0, 0.05) is 0 Å². The van der Waals surface area contributed by atoms with E-state index in [4.69, 9.17) is 25.8 Å². The zero-order chi connectivity index (χ0) is 13.9. The van der Waals surface area contributed by atoms with Crippen molar-refractivity contribution < 1.29 is 8.94 Å². The number of furan rings is 1. The van der Waals surface area contributed by atoms with Crippen molar-refractivity contribution in [3.8, 4) is 28.7 Å². The van der Waals surface area contributed by atoms with Gasteiger partial charge >= 0.3 is 0 Å². The van der Waals surface area contributed by atoms with Gasteiger partial charge in [-0.05, 0) is 29.3 Å². The van der Waals surface area contributed by atoms with Crippen molar-refractivity contribution in [2.24, 2.45) is 0 Å². The van der Waals surface area contributed by atoms with E-state index in [1.807, 2.05) is 30.3 Å². The maximum atomic E-state index is 8.89. The van der Waals surface area contributed by atoms with Gasteiger partial charge in [0.15, 0.2) is 22.4 Å². The molecular weight excluding hydrogens is 276 g/mol. The quantitative estimate of drug-likeness (QED) is 0.718. The van der Waals surface area contributed by atoms with Crippen LogP contribution in [0.2, 0.25) is 5.22 Å². The summed E-state index contributed by atoms with van der Waals surface area (Å²) in [5.41, 5.74) is 2.23. The molecule has 0 saturated heterocycles. The molecule has 0 spiro atoms. The normalized spacial score (nSPS) is 10.4. The van der Waals surface area contributed by atoms with Gasteiger partial charge in [0.2, 0.25) is 0 Å².